The first-order valence-corrected chi connectivity index (χ1v) is 9.02. The summed E-state index contributed by atoms with van der Waals surface area (Å²) in [6.07, 6.45) is -1.01. The molecule has 0 saturated heterocycles. The van der Waals surface area contributed by atoms with Crippen LogP contribution >= 0.6 is 23.2 Å². The van der Waals surface area contributed by atoms with Crippen LogP contribution in [0.3, 0.4) is 0 Å². The van der Waals surface area contributed by atoms with Gasteiger partial charge in [0.2, 0.25) is 0 Å². The Kier molecular flexibility index (Phi) is 6.08. The summed E-state index contributed by atoms with van der Waals surface area (Å²) >= 11 is 12.0. The van der Waals surface area contributed by atoms with Gasteiger partial charge in [-0.1, -0.05) is 35.3 Å². The van der Waals surface area contributed by atoms with E-state index in [1.54, 1.807) is 36.4 Å². The highest BCUT2D eigenvalue weighted by atomic mass is 35.5. The summed E-state index contributed by atoms with van der Waals surface area (Å²) in [4.78, 5) is 24.4. The van der Waals surface area contributed by atoms with E-state index >= 15 is 0 Å². The van der Waals surface area contributed by atoms with Crippen molar-refractivity contribution < 1.29 is 23.8 Å². The Morgan fingerprint density at radius 3 is 2.48 bits per heavy atom. The third-order valence-electron chi connectivity index (χ3n) is 3.84. The summed E-state index contributed by atoms with van der Waals surface area (Å²) in [5, 5.41) is 3.17. The SMILES string of the molecule is C[C@H](OC(=O)Cc1ccc2c(c1)OCCO2)C(=O)Nc1c(Cl)cccc1Cl. The second kappa shape index (κ2) is 8.50. The van der Waals surface area contributed by atoms with Gasteiger partial charge in [-0.3, -0.25) is 9.59 Å². The quantitative estimate of drug-likeness (QED) is 0.758. The average Bonchev–Trinajstić information content (AvgIpc) is 2.64. The molecule has 0 radical (unpaired) electrons. The van der Waals surface area contributed by atoms with Crippen LogP contribution in [0.5, 0.6) is 11.5 Å². The zero-order valence-corrected chi connectivity index (χ0v) is 16.0. The molecule has 1 amide bonds. The van der Waals surface area contributed by atoms with Gasteiger partial charge in [-0.25, -0.2) is 0 Å². The molecule has 27 heavy (non-hydrogen) atoms. The average molecular weight is 410 g/mol. The molecule has 8 heteroatoms. The van der Waals surface area contributed by atoms with Crippen molar-refractivity contribution >= 4 is 40.8 Å². The van der Waals surface area contributed by atoms with E-state index in [1.165, 1.54) is 6.92 Å². The van der Waals surface area contributed by atoms with Gasteiger partial charge in [0.05, 0.1) is 22.2 Å². The Labute approximate surface area is 166 Å². The lowest BCUT2D eigenvalue weighted by molar-refractivity contribution is -0.152. The third-order valence-corrected chi connectivity index (χ3v) is 4.47. The van der Waals surface area contributed by atoms with Gasteiger partial charge in [0.25, 0.3) is 5.91 Å². The molecule has 1 atom stereocenters. The normalized spacial score (nSPS) is 13.6. The maximum absolute atomic E-state index is 12.3. The molecule has 6 nitrogen and oxygen atoms in total. The van der Waals surface area contributed by atoms with Crippen molar-refractivity contribution in [1.29, 1.82) is 0 Å². The molecule has 0 unspecified atom stereocenters. The van der Waals surface area contributed by atoms with Gasteiger partial charge in [0.15, 0.2) is 17.6 Å². The van der Waals surface area contributed by atoms with E-state index < -0.39 is 18.0 Å². The number of hydrogen-bond acceptors (Lipinski definition) is 5. The molecule has 0 fully saturated rings. The minimum absolute atomic E-state index is 0.00110. The molecule has 0 spiro atoms. The van der Waals surface area contributed by atoms with Crippen LogP contribution in [0.15, 0.2) is 36.4 Å². The number of halogens is 2. The first-order chi connectivity index (χ1) is 12.9. The largest absolute Gasteiger partial charge is 0.486 e. The van der Waals surface area contributed by atoms with Crippen LogP contribution in [0.1, 0.15) is 12.5 Å². The molecule has 2 aromatic carbocycles. The highest BCUT2D eigenvalue weighted by Crippen LogP contribution is 2.31. The van der Waals surface area contributed by atoms with Crippen LogP contribution in [-0.4, -0.2) is 31.2 Å². The predicted molar refractivity (Wildman–Crippen MR) is 102 cm³/mol. The number of rotatable bonds is 5. The summed E-state index contributed by atoms with van der Waals surface area (Å²) in [5.74, 6) is 0.161. The van der Waals surface area contributed by atoms with Gasteiger partial charge in [-0.2, -0.15) is 0 Å². The molecule has 1 aliphatic heterocycles. The Morgan fingerprint density at radius 2 is 1.78 bits per heavy atom. The van der Waals surface area contributed by atoms with Gasteiger partial charge in [0.1, 0.15) is 13.2 Å². The van der Waals surface area contributed by atoms with Crippen molar-refractivity contribution in [2.75, 3.05) is 18.5 Å². The maximum atomic E-state index is 12.3. The van der Waals surface area contributed by atoms with Gasteiger partial charge in [0, 0.05) is 0 Å². The van der Waals surface area contributed by atoms with E-state index in [4.69, 9.17) is 37.4 Å². The van der Waals surface area contributed by atoms with Crippen molar-refractivity contribution in [1.82, 2.24) is 0 Å². The summed E-state index contributed by atoms with van der Waals surface area (Å²) < 4.78 is 16.1. The summed E-state index contributed by atoms with van der Waals surface area (Å²) in [7, 11) is 0. The number of carbonyl (C=O) groups excluding carboxylic acids is 2. The Balaban J connectivity index is 1.58. The number of amides is 1. The molecular formula is C19H17Cl2NO5. The van der Waals surface area contributed by atoms with Crippen LogP contribution < -0.4 is 14.8 Å². The van der Waals surface area contributed by atoms with Crippen LogP contribution in [0, 0.1) is 0 Å². The lowest BCUT2D eigenvalue weighted by Crippen LogP contribution is -2.30. The first kappa shape index (κ1) is 19.3. The van der Waals surface area contributed by atoms with E-state index in [0.717, 1.165) is 0 Å². The van der Waals surface area contributed by atoms with Crippen LogP contribution in [0.2, 0.25) is 10.0 Å². The number of hydrogen-bond donors (Lipinski definition) is 1. The Bertz CT molecular complexity index is 851. The summed E-state index contributed by atoms with van der Waals surface area (Å²) in [6.45, 7) is 2.43. The van der Waals surface area contributed by atoms with E-state index in [2.05, 4.69) is 5.32 Å². The summed E-state index contributed by atoms with van der Waals surface area (Å²) in [6, 6.07) is 10.1. The molecule has 2 aromatic rings. The molecule has 0 saturated carbocycles. The zero-order valence-electron chi connectivity index (χ0n) is 14.5. The van der Waals surface area contributed by atoms with E-state index in [1.807, 2.05) is 0 Å². The topological polar surface area (TPSA) is 73.9 Å². The van der Waals surface area contributed by atoms with Crippen molar-refractivity contribution in [2.45, 2.75) is 19.4 Å². The Morgan fingerprint density at radius 1 is 1.11 bits per heavy atom. The number of esters is 1. The molecule has 1 aliphatic rings. The molecule has 3 rings (SSSR count). The van der Waals surface area contributed by atoms with E-state index in [9.17, 15) is 9.59 Å². The van der Waals surface area contributed by atoms with Crippen molar-refractivity contribution in [2.24, 2.45) is 0 Å². The fourth-order valence-electron chi connectivity index (χ4n) is 2.50. The third kappa shape index (κ3) is 4.84. The Hall–Kier alpha value is -2.44. The maximum Gasteiger partial charge on any atom is 0.311 e. The summed E-state index contributed by atoms with van der Waals surface area (Å²) in [5.41, 5.74) is 0.978. The van der Waals surface area contributed by atoms with Gasteiger partial charge in [-0.15, -0.1) is 0 Å². The second-order valence-electron chi connectivity index (χ2n) is 5.87. The van der Waals surface area contributed by atoms with Crippen LogP contribution in [-0.2, 0) is 20.7 Å². The van der Waals surface area contributed by atoms with Gasteiger partial charge >= 0.3 is 5.97 Å². The monoisotopic (exact) mass is 409 g/mol. The number of anilines is 1. The first-order valence-electron chi connectivity index (χ1n) is 8.27. The molecule has 1 N–H and O–H groups in total. The number of carbonyl (C=O) groups is 2. The van der Waals surface area contributed by atoms with Crippen LogP contribution in [0.25, 0.3) is 0 Å². The van der Waals surface area contributed by atoms with Crippen molar-refractivity contribution in [3.05, 3.63) is 52.0 Å². The van der Waals surface area contributed by atoms with Gasteiger partial charge in [-0.05, 0) is 36.8 Å². The number of para-hydroxylation sites is 1. The highest BCUT2D eigenvalue weighted by Gasteiger charge is 2.21. The molecule has 142 valence electrons. The van der Waals surface area contributed by atoms with Crippen molar-refractivity contribution in [3.63, 3.8) is 0 Å². The molecule has 0 aromatic heterocycles. The fourth-order valence-corrected chi connectivity index (χ4v) is 2.99. The fraction of sp³-hybridized carbons (Fsp3) is 0.263. The number of fused-ring (bicyclic) bond motifs is 1. The number of nitrogens with one attached hydrogen (secondary N) is 1. The standard InChI is InChI=1S/C19H17Cl2NO5/c1-11(19(24)22-18-13(20)3-2-4-14(18)21)27-17(23)10-12-5-6-15-16(9-12)26-8-7-25-15/h2-6,9,11H,7-8,10H2,1H3,(H,22,24)/t11-/m0/s1. The predicted octanol–water partition coefficient (Wildman–Crippen LogP) is 3.88. The lowest BCUT2D eigenvalue weighted by Gasteiger charge is -2.19. The zero-order chi connectivity index (χ0) is 19.4. The lowest BCUT2D eigenvalue weighted by atomic mass is 10.1. The minimum atomic E-state index is -1.01. The van der Waals surface area contributed by atoms with E-state index in [0.29, 0.717) is 40.3 Å². The van der Waals surface area contributed by atoms with Crippen LogP contribution in [0.4, 0.5) is 5.69 Å². The number of benzene rings is 2. The number of ether oxygens (including phenoxy) is 3. The minimum Gasteiger partial charge on any atom is -0.486 e. The van der Waals surface area contributed by atoms with Crippen molar-refractivity contribution in [3.8, 4) is 11.5 Å². The van der Waals surface area contributed by atoms with Gasteiger partial charge < -0.3 is 19.5 Å². The molecule has 0 aliphatic carbocycles. The highest BCUT2D eigenvalue weighted by molar-refractivity contribution is 6.39. The second-order valence-corrected chi connectivity index (χ2v) is 6.69. The molecular weight excluding hydrogens is 393 g/mol. The smallest absolute Gasteiger partial charge is 0.311 e. The molecule has 1 heterocycles. The van der Waals surface area contributed by atoms with E-state index in [-0.39, 0.29) is 12.1 Å². The molecule has 0 bridgehead atoms.